The molecule has 2 N–H and O–H groups in total. The molecule has 4 amide bonds. The Morgan fingerprint density at radius 2 is 1.88 bits per heavy atom. The number of nitrogens with zero attached hydrogens (tertiary/aromatic N) is 3. The van der Waals surface area contributed by atoms with Gasteiger partial charge in [0.25, 0.3) is 0 Å². The first-order valence-corrected chi connectivity index (χ1v) is 11.1. The molecule has 3 heterocycles. The molecular formula is C23H28FN5O4. The van der Waals surface area contributed by atoms with Crippen molar-refractivity contribution in [1.29, 1.82) is 0 Å². The number of pyridine rings is 1. The minimum Gasteiger partial charge on any atom is -0.488 e. The number of halogens is 1. The quantitative estimate of drug-likeness (QED) is 0.733. The summed E-state index contributed by atoms with van der Waals surface area (Å²) in [4.78, 5) is 32.7. The molecule has 0 saturated carbocycles. The lowest BCUT2D eigenvalue weighted by atomic mass is 10.1. The highest BCUT2D eigenvalue weighted by molar-refractivity contribution is 5.99. The van der Waals surface area contributed by atoms with E-state index >= 15 is 0 Å². The van der Waals surface area contributed by atoms with Crippen LogP contribution < -0.4 is 15.4 Å². The van der Waals surface area contributed by atoms with Crippen molar-refractivity contribution in [2.75, 3.05) is 50.0 Å². The Bertz CT molecular complexity index is 981. The number of urea groups is 2. The number of aryl methyl sites for hydroxylation is 1. The molecule has 1 aromatic heterocycles. The third kappa shape index (κ3) is 6.32. The Labute approximate surface area is 191 Å². The van der Waals surface area contributed by atoms with E-state index < -0.39 is 11.8 Å². The lowest BCUT2D eigenvalue weighted by Crippen LogP contribution is -2.52. The van der Waals surface area contributed by atoms with Crippen molar-refractivity contribution in [1.82, 2.24) is 14.8 Å². The molecule has 1 unspecified atom stereocenters. The second kappa shape index (κ2) is 10.5. The van der Waals surface area contributed by atoms with Crippen molar-refractivity contribution in [2.45, 2.75) is 25.9 Å². The van der Waals surface area contributed by atoms with Crippen LogP contribution in [0, 0.1) is 12.7 Å². The number of ether oxygens (including phenoxy) is 2. The summed E-state index contributed by atoms with van der Waals surface area (Å²) < 4.78 is 25.5. The highest BCUT2D eigenvalue weighted by Crippen LogP contribution is 2.24. The van der Waals surface area contributed by atoms with Crippen LogP contribution in [0.1, 0.15) is 18.5 Å². The van der Waals surface area contributed by atoms with Crippen molar-refractivity contribution < 1.29 is 23.5 Å². The third-order valence-corrected chi connectivity index (χ3v) is 5.53. The zero-order chi connectivity index (χ0) is 23.2. The van der Waals surface area contributed by atoms with Gasteiger partial charge in [0.2, 0.25) is 0 Å². The van der Waals surface area contributed by atoms with Gasteiger partial charge in [-0.05, 0) is 38.0 Å². The summed E-state index contributed by atoms with van der Waals surface area (Å²) in [5.74, 6) is -0.232. The number of nitrogens with one attached hydrogen (secondary N) is 2. The standard InChI is InChI=1S/C23H28FN5O4/c1-16-4-5-18(14-25-16)26-22(30)27-19-11-17(24)12-21(13-19)33-20-3-2-6-29(15-20)23(31)28-7-9-32-10-8-28/h4-5,11-14,20H,2-3,6-10,15H2,1H3,(H2,26,27,30). The maximum atomic E-state index is 14.2. The van der Waals surface area contributed by atoms with Gasteiger partial charge in [0, 0.05) is 43.1 Å². The Morgan fingerprint density at radius 3 is 2.64 bits per heavy atom. The average molecular weight is 458 g/mol. The van der Waals surface area contributed by atoms with Crippen LogP contribution in [-0.4, -0.2) is 72.3 Å². The van der Waals surface area contributed by atoms with Gasteiger partial charge in [0.1, 0.15) is 17.7 Å². The summed E-state index contributed by atoms with van der Waals surface area (Å²) in [5.41, 5.74) is 1.62. The van der Waals surface area contributed by atoms with Crippen molar-refractivity contribution in [3.8, 4) is 5.75 Å². The molecule has 2 fully saturated rings. The number of morpholine rings is 1. The minimum atomic E-state index is -0.531. The molecule has 9 nitrogen and oxygen atoms in total. The molecule has 0 bridgehead atoms. The highest BCUT2D eigenvalue weighted by Gasteiger charge is 2.29. The molecule has 33 heavy (non-hydrogen) atoms. The number of carbonyl (C=O) groups is 2. The fourth-order valence-corrected chi connectivity index (χ4v) is 3.89. The zero-order valence-electron chi connectivity index (χ0n) is 18.6. The molecular weight excluding hydrogens is 429 g/mol. The van der Waals surface area contributed by atoms with Gasteiger partial charge in [0.15, 0.2) is 0 Å². The second-order valence-electron chi connectivity index (χ2n) is 8.15. The molecule has 0 aliphatic carbocycles. The predicted octanol–water partition coefficient (Wildman–Crippen LogP) is 3.47. The highest BCUT2D eigenvalue weighted by atomic mass is 19.1. The lowest BCUT2D eigenvalue weighted by Gasteiger charge is -2.37. The van der Waals surface area contributed by atoms with Crippen LogP contribution in [0.5, 0.6) is 5.75 Å². The van der Waals surface area contributed by atoms with Gasteiger partial charge in [-0.2, -0.15) is 0 Å². The number of rotatable bonds is 4. The maximum absolute atomic E-state index is 14.2. The van der Waals surface area contributed by atoms with Crippen LogP contribution in [0.3, 0.4) is 0 Å². The summed E-state index contributed by atoms with van der Waals surface area (Å²) in [5, 5.41) is 5.27. The predicted molar refractivity (Wildman–Crippen MR) is 121 cm³/mol. The second-order valence-corrected chi connectivity index (χ2v) is 8.15. The fraction of sp³-hybridized carbons (Fsp3) is 0.435. The molecule has 2 aliphatic rings. The summed E-state index contributed by atoms with van der Waals surface area (Å²) in [7, 11) is 0. The molecule has 0 spiro atoms. The summed E-state index contributed by atoms with van der Waals surface area (Å²) >= 11 is 0. The Morgan fingerprint density at radius 1 is 1.09 bits per heavy atom. The normalized spacial score (nSPS) is 18.5. The maximum Gasteiger partial charge on any atom is 0.323 e. The fourth-order valence-electron chi connectivity index (χ4n) is 3.89. The molecule has 1 atom stereocenters. The van der Waals surface area contributed by atoms with Gasteiger partial charge in [-0.15, -0.1) is 0 Å². The average Bonchev–Trinajstić information content (AvgIpc) is 2.80. The van der Waals surface area contributed by atoms with Crippen LogP contribution in [0.2, 0.25) is 0 Å². The Hall–Kier alpha value is -3.40. The van der Waals surface area contributed by atoms with E-state index in [9.17, 15) is 14.0 Å². The first-order valence-electron chi connectivity index (χ1n) is 11.1. The number of piperidine rings is 1. The van der Waals surface area contributed by atoms with Gasteiger partial charge in [-0.1, -0.05) is 0 Å². The van der Waals surface area contributed by atoms with E-state index in [0.717, 1.165) is 18.5 Å². The third-order valence-electron chi connectivity index (χ3n) is 5.53. The first-order chi connectivity index (χ1) is 16.0. The molecule has 4 rings (SSSR count). The van der Waals surface area contributed by atoms with Crippen LogP contribution in [0.15, 0.2) is 36.5 Å². The van der Waals surface area contributed by atoms with Crippen LogP contribution >= 0.6 is 0 Å². The monoisotopic (exact) mass is 457 g/mol. The van der Waals surface area contributed by atoms with Gasteiger partial charge < -0.3 is 29.9 Å². The van der Waals surface area contributed by atoms with E-state index in [-0.39, 0.29) is 17.8 Å². The minimum absolute atomic E-state index is 0.0181. The van der Waals surface area contributed by atoms with E-state index in [2.05, 4.69) is 15.6 Å². The van der Waals surface area contributed by atoms with E-state index in [0.29, 0.717) is 50.8 Å². The van der Waals surface area contributed by atoms with Crippen LogP contribution in [-0.2, 0) is 4.74 Å². The van der Waals surface area contributed by atoms with Crippen LogP contribution in [0.4, 0.5) is 25.4 Å². The summed E-state index contributed by atoms with van der Waals surface area (Å²) in [6.07, 6.45) is 2.84. The molecule has 2 aromatic rings. The smallest absolute Gasteiger partial charge is 0.323 e. The van der Waals surface area contributed by atoms with Crippen molar-refractivity contribution in [3.05, 3.63) is 48.0 Å². The van der Waals surface area contributed by atoms with E-state index in [1.807, 2.05) is 6.92 Å². The molecule has 0 radical (unpaired) electrons. The van der Waals surface area contributed by atoms with Crippen molar-refractivity contribution >= 4 is 23.4 Å². The van der Waals surface area contributed by atoms with Gasteiger partial charge in [-0.25, -0.2) is 14.0 Å². The van der Waals surface area contributed by atoms with E-state index in [1.54, 1.807) is 34.2 Å². The van der Waals surface area contributed by atoms with E-state index in [1.165, 1.54) is 12.1 Å². The molecule has 176 valence electrons. The first kappa shape index (κ1) is 22.8. The Kier molecular flexibility index (Phi) is 7.23. The number of amides is 4. The number of hydrogen-bond acceptors (Lipinski definition) is 5. The molecule has 2 aliphatic heterocycles. The summed E-state index contributed by atoms with van der Waals surface area (Å²) in [6.45, 7) is 5.21. The SMILES string of the molecule is Cc1ccc(NC(=O)Nc2cc(F)cc(OC3CCCN(C(=O)N4CCOCC4)C3)c2)cn1. The Balaban J connectivity index is 1.35. The summed E-state index contributed by atoms with van der Waals surface area (Å²) in [6, 6.07) is 7.03. The largest absolute Gasteiger partial charge is 0.488 e. The number of aromatic nitrogens is 1. The van der Waals surface area contributed by atoms with Crippen LogP contribution in [0.25, 0.3) is 0 Å². The van der Waals surface area contributed by atoms with Crippen molar-refractivity contribution in [3.63, 3.8) is 0 Å². The number of carbonyl (C=O) groups excluding carboxylic acids is 2. The van der Waals surface area contributed by atoms with Gasteiger partial charge in [-0.3, -0.25) is 4.98 Å². The van der Waals surface area contributed by atoms with Gasteiger partial charge in [0.05, 0.1) is 31.6 Å². The lowest BCUT2D eigenvalue weighted by molar-refractivity contribution is 0.0330. The molecule has 10 heteroatoms. The van der Waals surface area contributed by atoms with Gasteiger partial charge >= 0.3 is 12.1 Å². The number of benzene rings is 1. The molecule has 1 aromatic carbocycles. The molecule has 2 saturated heterocycles. The zero-order valence-corrected chi connectivity index (χ0v) is 18.6. The van der Waals surface area contributed by atoms with E-state index in [4.69, 9.17) is 9.47 Å². The topological polar surface area (TPSA) is 96.0 Å². The van der Waals surface area contributed by atoms with Crippen molar-refractivity contribution in [2.24, 2.45) is 0 Å². The number of hydrogen-bond donors (Lipinski definition) is 2. The number of likely N-dealkylation sites (tertiary alicyclic amines) is 1. The number of anilines is 2.